The normalized spacial score (nSPS) is 11.3. The lowest BCUT2D eigenvalue weighted by atomic mass is 10.1. The number of hydrogen-bond acceptors (Lipinski definition) is 4. The van der Waals surface area contributed by atoms with E-state index in [1.807, 2.05) is 36.4 Å². The molecule has 7 nitrogen and oxygen atoms in total. The van der Waals surface area contributed by atoms with Crippen LogP contribution in [0.4, 0.5) is 5.69 Å². The van der Waals surface area contributed by atoms with Crippen molar-refractivity contribution in [1.82, 2.24) is 14.9 Å². The lowest BCUT2D eigenvalue weighted by Gasteiger charge is -2.13. The highest BCUT2D eigenvalue weighted by molar-refractivity contribution is 7.90. The van der Waals surface area contributed by atoms with Gasteiger partial charge in [0, 0.05) is 18.2 Å². The van der Waals surface area contributed by atoms with Gasteiger partial charge in [-0.2, -0.15) is 18.2 Å². The summed E-state index contributed by atoms with van der Waals surface area (Å²) in [6.45, 7) is 2.00. The SMILES string of the molecule is Cc1ccc(-c2ccc(=O)[nH]n2)cc1NS(=O)(=O)NCc1ccccc1. The minimum Gasteiger partial charge on any atom is -0.271 e. The number of nitrogens with zero attached hydrogens (tertiary/aromatic N) is 1. The molecule has 0 bridgehead atoms. The smallest absolute Gasteiger partial charge is 0.271 e. The van der Waals surface area contributed by atoms with Gasteiger partial charge < -0.3 is 0 Å². The number of rotatable bonds is 6. The molecule has 0 aliphatic carbocycles. The fourth-order valence-corrected chi connectivity index (χ4v) is 3.29. The third-order valence-electron chi connectivity index (χ3n) is 3.77. The molecule has 8 heteroatoms. The molecule has 3 N–H and O–H groups in total. The van der Waals surface area contributed by atoms with Crippen molar-refractivity contribution in [2.24, 2.45) is 0 Å². The summed E-state index contributed by atoms with van der Waals surface area (Å²) < 4.78 is 29.7. The molecule has 0 fully saturated rings. The Labute approximate surface area is 151 Å². The summed E-state index contributed by atoms with van der Waals surface area (Å²) in [7, 11) is -3.74. The molecule has 1 aromatic heterocycles. The molecule has 26 heavy (non-hydrogen) atoms. The van der Waals surface area contributed by atoms with Crippen molar-refractivity contribution in [3.63, 3.8) is 0 Å². The first-order chi connectivity index (χ1) is 12.4. The number of anilines is 1. The van der Waals surface area contributed by atoms with Gasteiger partial charge in [0.05, 0.1) is 11.4 Å². The van der Waals surface area contributed by atoms with Crippen molar-refractivity contribution in [3.8, 4) is 11.3 Å². The van der Waals surface area contributed by atoms with Gasteiger partial charge in [0.1, 0.15) is 0 Å². The Balaban J connectivity index is 1.79. The van der Waals surface area contributed by atoms with Gasteiger partial charge in [-0.1, -0.05) is 42.5 Å². The van der Waals surface area contributed by atoms with Crippen LogP contribution in [-0.4, -0.2) is 18.6 Å². The van der Waals surface area contributed by atoms with Gasteiger partial charge in [0.2, 0.25) is 0 Å². The predicted octanol–water partition coefficient (Wildman–Crippen LogP) is 2.19. The Hall–Kier alpha value is -2.97. The van der Waals surface area contributed by atoms with Gasteiger partial charge in [-0.3, -0.25) is 9.52 Å². The summed E-state index contributed by atoms with van der Waals surface area (Å²) in [5, 5.41) is 6.32. The fraction of sp³-hybridized carbons (Fsp3) is 0.111. The third kappa shape index (κ3) is 4.56. The average Bonchev–Trinajstić information content (AvgIpc) is 2.63. The number of aryl methyl sites for hydroxylation is 1. The number of aromatic nitrogens is 2. The number of aromatic amines is 1. The molecule has 3 rings (SSSR count). The monoisotopic (exact) mass is 370 g/mol. The molecule has 0 amide bonds. The highest BCUT2D eigenvalue weighted by atomic mass is 32.2. The second-order valence-corrected chi connectivity index (χ2v) is 7.25. The van der Waals surface area contributed by atoms with E-state index in [0.717, 1.165) is 11.1 Å². The molecular weight excluding hydrogens is 352 g/mol. The molecule has 0 saturated carbocycles. The van der Waals surface area contributed by atoms with E-state index in [1.165, 1.54) is 6.07 Å². The largest absolute Gasteiger partial charge is 0.299 e. The predicted molar refractivity (Wildman–Crippen MR) is 101 cm³/mol. The Bertz CT molecular complexity index is 1040. The summed E-state index contributed by atoms with van der Waals surface area (Å²) in [6.07, 6.45) is 0. The second kappa shape index (κ2) is 7.51. The summed E-state index contributed by atoms with van der Waals surface area (Å²) in [5.41, 5.74) is 3.00. The van der Waals surface area contributed by atoms with Crippen LogP contribution in [0.2, 0.25) is 0 Å². The lowest BCUT2D eigenvalue weighted by Crippen LogP contribution is -2.30. The van der Waals surface area contributed by atoms with Crippen molar-refractivity contribution in [2.45, 2.75) is 13.5 Å². The molecule has 0 saturated heterocycles. The van der Waals surface area contributed by atoms with Gasteiger partial charge in [-0.15, -0.1) is 0 Å². The quantitative estimate of drug-likeness (QED) is 0.619. The van der Waals surface area contributed by atoms with Crippen LogP contribution in [0.3, 0.4) is 0 Å². The molecule has 0 unspecified atom stereocenters. The minimum absolute atomic E-state index is 0.191. The van der Waals surface area contributed by atoms with Crippen LogP contribution >= 0.6 is 0 Å². The Morgan fingerprint density at radius 1 is 1.04 bits per heavy atom. The molecule has 0 atom stereocenters. The van der Waals surface area contributed by atoms with Gasteiger partial charge in [0.25, 0.3) is 15.8 Å². The zero-order valence-corrected chi connectivity index (χ0v) is 14.9. The minimum atomic E-state index is -3.74. The maximum atomic E-state index is 12.3. The van der Waals surface area contributed by atoms with Gasteiger partial charge in [-0.05, 0) is 30.2 Å². The molecule has 1 heterocycles. The molecule has 0 spiro atoms. The van der Waals surface area contributed by atoms with E-state index in [0.29, 0.717) is 16.9 Å². The number of benzene rings is 2. The summed E-state index contributed by atoms with van der Waals surface area (Å²) >= 11 is 0. The molecular formula is C18H18N4O3S. The van der Waals surface area contributed by atoms with E-state index in [-0.39, 0.29) is 12.1 Å². The van der Waals surface area contributed by atoms with Crippen molar-refractivity contribution >= 4 is 15.9 Å². The maximum absolute atomic E-state index is 12.3. The van der Waals surface area contributed by atoms with E-state index >= 15 is 0 Å². The van der Waals surface area contributed by atoms with Crippen molar-refractivity contribution in [2.75, 3.05) is 4.72 Å². The maximum Gasteiger partial charge on any atom is 0.299 e. The molecule has 3 aromatic rings. The van der Waals surface area contributed by atoms with E-state index in [4.69, 9.17) is 0 Å². The summed E-state index contributed by atoms with van der Waals surface area (Å²) in [5.74, 6) is 0. The number of nitrogens with one attached hydrogen (secondary N) is 3. The first kappa shape index (κ1) is 17.8. The van der Waals surface area contributed by atoms with Gasteiger partial charge >= 0.3 is 0 Å². The van der Waals surface area contributed by atoms with Crippen LogP contribution in [0.1, 0.15) is 11.1 Å². The Morgan fingerprint density at radius 3 is 2.50 bits per heavy atom. The second-order valence-electron chi connectivity index (χ2n) is 5.75. The summed E-state index contributed by atoms with van der Waals surface area (Å²) in [6, 6.07) is 17.5. The average molecular weight is 370 g/mol. The number of H-pyrrole nitrogens is 1. The van der Waals surface area contributed by atoms with Crippen LogP contribution in [0.5, 0.6) is 0 Å². The zero-order valence-electron chi connectivity index (χ0n) is 14.1. The third-order valence-corrected chi connectivity index (χ3v) is 4.78. The van der Waals surface area contributed by atoms with E-state index < -0.39 is 10.2 Å². The van der Waals surface area contributed by atoms with E-state index in [2.05, 4.69) is 19.6 Å². The van der Waals surface area contributed by atoms with E-state index in [9.17, 15) is 13.2 Å². The van der Waals surface area contributed by atoms with E-state index in [1.54, 1.807) is 25.1 Å². The summed E-state index contributed by atoms with van der Waals surface area (Å²) in [4.78, 5) is 11.1. The van der Waals surface area contributed by atoms with Crippen molar-refractivity contribution < 1.29 is 8.42 Å². The molecule has 0 aliphatic heterocycles. The Kier molecular flexibility index (Phi) is 5.15. The fourth-order valence-electron chi connectivity index (χ4n) is 2.35. The lowest BCUT2D eigenvalue weighted by molar-refractivity contribution is 0.587. The van der Waals surface area contributed by atoms with Crippen LogP contribution in [0.15, 0.2) is 65.5 Å². The van der Waals surface area contributed by atoms with Gasteiger partial charge in [-0.25, -0.2) is 5.10 Å². The van der Waals surface area contributed by atoms with Gasteiger partial charge in [0.15, 0.2) is 0 Å². The van der Waals surface area contributed by atoms with Crippen LogP contribution < -0.4 is 15.0 Å². The van der Waals surface area contributed by atoms with Crippen LogP contribution in [0, 0.1) is 6.92 Å². The standard InChI is InChI=1S/C18H18N4O3S/c1-13-7-8-15(16-9-10-18(23)21-20-16)11-17(13)22-26(24,25)19-12-14-5-3-2-4-6-14/h2-11,19,22H,12H2,1H3,(H,21,23). The van der Waals surface area contributed by atoms with Crippen LogP contribution in [0.25, 0.3) is 11.3 Å². The highest BCUT2D eigenvalue weighted by Gasteiger charge is 2.12. The Morgan fingerprint density at radius 2 is 1.81 bits per heavy atom. The van der Waals surface area contributed by atoms with Crippen molar-refractivity contribution in [1.29, 1.82) is 0 Å². The van der Waals surface area contributed by atoms with Crippen LogP contribution in [-0.2, 0) is 16.8 Å². The van der Waals surface area contributed by atoms with Crippen molar-refractivity contribution in [3.05, 3.63) is 82.1 Å². The topological polar surface area (TPSA) is 104 Å². The molecule has 0 aliphatic rings. The molecule has 2 aromatic carbocycles. The number of hydrogen-bond donors (Lipinski definition) is 3. The first-order valence-electron chi connectivity index (χ1n) is 7.91. The highest BCUT2D eigenvalue weighted by Crippen LogP contribution is 2.24. The zero-order chi connectivity index (χ0) is 18.6. The molecule has 134 valence electrons. The molecule has 0 radical (unpaired) electrons. The first-order valence-corrected chi connectivity index (χ1v) is 9.39.